The van der Waals surface area contributed by atoms with Crippen LogP contribution in [0.3, 0.4) is 0 Å². The molecule has 6 nitrogen and oxygen atoms in total. The minimum Gasteiger partial charge on any atom is -0.444 e. The van der Waals surface area contributed by atoms with Crippen molar-refractivity contribution in [3.8, 4) is 11.3 Å². The van der Waals surface area contributed by atoms with Gasteiger partial charge in [-0.3, -0.25) is 0 Å². The lowest BCUT2D eigenvalue weighted by molar-refractivity contribution is 0.572. The zero-order chi connectivity index (χ0) is 15.4. The Hall–Kier alpha value is -2.54. The maximum atomic E-state index is 5.25. The Bertz CT molecular complexity index is 747. The summed E-state index contributed by atoms with van der Waals surface area (Å²) in [6, 6.07) is 7.68. The Labute approximate surface area is 132 Å². The van der Waals surface area contributed by atoms with E-state index in [2.05, 4.69) is 20.2 Å². The number of nitrogens with zero attached hydrogens (tertiary/aromatic N) is 5. The Balaban J connectivity index is 1.62. The van der Waals surface area contributed by atoms with E-state index < -0.39 is 0 Å². The van der Waals surface area contributed by atoms with Gasteiger partial charge in [-0.1, -0.05) is 11.3 Å². The zero-order valence-electron chi connectivity index (χ0n) is 12.3. The second-order valence-corrected chi connectivity index (χ2v) is 5.91. The molecule has 2 heterocycles. The van der Waals surface area contributed by atoms with E-state index in [-0.39, 0.29) is 0 Å². The van der Waals surface area contributed by atoms with E-state index in [0.29, 0.717) is 6.54 Å². The van der Waals surface area contributed by atoms with Gasteiger partial charge in [0, 0.05) is 30.7 Å². The number of rotatable bonds is 5. The van der Waals surface area contributed by atoms with Gasteiger partial charge in [0.1, 0.15) is 0 Å². The largest absolute Gasteiger partial charge is 0.444 e. The van der Waals surface area contributed by atoms with Crippen molar-refractivity contribution in [2.75, 3.05) is 19.0 Å². The maximum absolute atomic E-state index is 5.25. The third-order valence-corrected chi connectivity index (χ3v) is 4.07. The Morgan fingerprint density at radius 2 is 2.00 bits per heavy atom. The first kappa shape index (κ1) is 14.4. The van der Waals surface area contributed by atoms with Crippen LogP contribution in [0.25, 0.3) is 11.3 Å². The summed E-state index contributed by atoms with van der Waals surface area (Å²) in [5.74, 6) is 0.740. The number of hydrogen-bond donors (Lipinski definition) is 0. The summed E-state index contributed by atoms with van der Waals surface area (Å²) < 4.78 is 5.25. The molecule has 2 aromatic heterocycles. The van der Waals surface area contributed by atoms with Crippen LogP contribution in [0.15, 0.2) is 57.7 Å². The zero-order valence-corrected chi connectivity index (χ0v) is 13.1. The molecule has 1 aromatic carbocycles. The molecule has 0 saturated carbocycles. The van der Waals surface area contributed by atoms with Crippen LogP contribution in [0, 0.1) is 0 Å². The van der Waals surface area contributed by atoms with Gasteiger partial charge in [-0.15, -0.1) is 0 Å². The normalized spacial score (nSPS) is 11.2. The molecule has 0 saturated heterocycles. The fraction of sp³-hybridized carbons (Fsp3) is 0.200. The lowest BCUT2D eigenvalue weighted by atomic mass is 10.2. The van der Waals surface area contributed by atoms with Crippen molar-refractivity contribution in [3.05, 3.63) is 47.9 Å². The van der Waals surface area contributed by atoms with Crippen LogP contribution in [0.2, 0.25) is 0 Å². The summed E-state index contributed by atoms with van der Waals surface area (Å²) in [6.45, 7) is 0.537. The van der Waals surface area contributed by atoms with Crippen molar-refractivity contribution >= 4 is 22.2 Å². The van der Waals surface area contributed by atoms with Gasteiger partial charge in [0.15, 0.2) is 17.3 Å². The van der Waals surface area contributed by atoms with Gasteiger partial charge < -0.3 is 9.32 Å². The molecule has 0 fully saturated rings. The molecule has 7 heteroatoms. The van der Waals surface area contributed by atoms with Crippen molar-refractivity contribution in [2.24, 2.45) is 10.2 Å². The van der Waals surface area contributed by atoms with E-state index >= 15 is 0 Å². The molecule has 3 rings (SSSR count). The summed E-state index contributed by atoms with van der Waals surface area (Å²) in [5, 5.41) is 9.41. The average Bonchev–Trinajstić information content (AvgIpc) is 3.19. The highest BCUT2D eigenvalue weighted by Gasteiger charge is 2.03. The lowest BCUT2D eigenvalue weighted by Gasteiger charge is -2.04. The Morgan fingerprint density at radius 3 is 2.64 bits per heavy atom. The summed E-state index contributed by atoms with van der Waals surface area (Å²) in [7, 11) is 3.94. The number of thiazole rings is 1. The number of oxazole rings is 1. The summed E-state index contributed by atoms with van der Waals surface area (Å²) in [5.41, 5.74) is 1.77. The topological polar surface area (TPSA) is 66.9 Å². The second kappa shape index (κ2) is 6.48. The molecule has 0 spiro atoms. The van der Waals surface area contributed by atoms with Crippen LogP contribution in [-0.4, -0.2) is 24.1 Å². The summed E-state index contributed by atoms with van der Waals surface area (Å²) in [4.78, 5) is 11.3. The van der Waals surface area contributed by atoms with E-state index in [1.807, 2.05) is 49.5 Å². The number of azo groups is 1. The van der Waals surface area contributed by atoms with Crippen LogP contribution >= 0.6 is 11.3 Å². The molecule has 0 N–H and O–H groups in total. The molecule has 3 aromatic rings. The SMILES string of the molecule is CN(C)c1ncc(CN=Nc2ccc(-c3cnco3)cc2)s1. The maximum Gasteiger partial charge on any atom is 0.185 e. The standard InChI is InChI=1S/C15H15N5OS/c1-20(2)15-17-7-13(22-15)8-18-19-12-5-3-11(4-6-12)14-9-16-10-21-14/h3-7,9-10H,8H2,1-2H3. The first-order valence-corrected chi connectivity index (χ1v) is 7.52. The second-order valence-electron chi connectivity index (χ2n) is 4.82. The van der Waals surface area contributed by atoms with Gasteiger partial charge in [-0.05, 0) is 24.3 Å². The molecule has 0 aliphatic carbocycles. The van der Waals surface area contributed by atoms with Crippen molar-refractivity contribution < 1.29 is 4.42 Å². The Kier molecular flexibility index (Phi) is 4.24. The van der Waals surface area contributed by atoms with Crippen molar-refractivity contribution in [3.63, 3.8) is 0 Å². The monoisotopic (exact) mass is 313 g/mol. The van der Waals surface area contributed by atoms with Gasteiger partial charge in [-0.25, -0.2) is 9.97 Å². The highest BCUT2D eigenvalue weighted by Crippen LogP contribution is 2.24. The molecule has 0 aliphatic rings. The van der Waals surface area contributed by atoms with Gasteiger partial charge in [0.2, 0.25) is 0 Å². The third-order valence-electron chi connectivity index (χ3n) is 2.92. The van der Waals surface area contributed by atoms with Crippen LogP contribution in [0.1, 0.15) is 4.88 Å². The van der Waals surface area contributed by atoms with Gasteiger partial charge >= 0.3 is 0 Å². The van der Waals surface area contributed by atoms with Crippen molar-refractivity contribution in [1.82, 2.24) is 9.97 Å². The van der Waals surface area contributed by atoms with E-state index in [1.165, 1.54) is 6.39 Å². The number of hydrogen-bond acceptors (Lipinski definition) is 7. The van der Waals surface area contributed by atoms with Crippen molar-refractivity contribution in [1.29, 1.82) is 0 Å². The van der Waals surface area contributed by atoms with Crippen LogP contribution in [0.4, 0.5) is 10.8 Å². The first-order chi connectivity index (χ1) is 10.7. The highest BCUT2D eigenvalue weighted by atomic mass is 32.1. The predicted molar refractivity (Wildman–Crippen MR) is 86.6 cm³/mol. The number of aromatic nitrogens is 2. The molecule has 0 radical (unpaired) electrons. The fourth-order valence-electron chi connectivity index (χ4n) is 1.81. The Morgan fingerprint density at radius 1 is 1.18 bits per heavy atom. The van der Waals surface area contributed by atoms with E-state index in [9.17, 15) is 0 Å². The molecule has 22 heavy (non-hydrogen) atoms. The van der Waals surface area contributed by atoms with E-state index in [1.54, 1.807) is 17.5 Å². The molecule has 0 unspecified atom stereocenters. The lowest BCUT2D eigenvalue weighted by Crippen LogP contribution is -2.07. The van der Waals surface area contributed by atoms with E-state index in [0.717, 1.165) is 27.0 Å². The van der Waals surface area contributed by atoms with E-state index in [4.69, 9.17) is 4.42 Å². The first-order valence-electron chi connectivity index (χ1n) is 6.71. The van der Waals surface area contributed by atoms with Crippen LogP contribution in [-0.2, 0) is 6.54 Å². The molecule has 0 atom stereocenters. The minimum absolute atomic E-state index is 0.537. The van der Waals surface area contributed by atoms with Crippen LogP contribution < -0.4 is 4.90 Å². The molecular formula is C15H15N5OS. The van der Waals surface area contributed by atoms with Gasteiger partial charge in [0.05, 0.1) is 18.4 Å². The molecule has 0 bridgehead atoms. The molecule has 0 amide bonds. The van der Waals surface area contributed by atoms with Crippen LogP contribution in [0.5, 0.6) is 0 Å². The highest BCUT2D eigenvalue weighted by molar-refractivity contribution is 7.15. The molecular weight excluding hydrogens is 298 g/mol. The fourth-order valence-corrected chi connectivity index (χ4v) is 2.56. The molecule has 0 aliphatic heterocycles. The predicted octanol–water partition coefficient (Wildman–Crippen LogP) is 4.15. The molecule has 112 valence electrons. The van der Waals surface area contributed by atoms with Crippen molar-refractivity contribution in [2.45, 2.75) is 6.54 Å². The third kappa shape index (κ3) is 3.37. The quantitative estimate of drug-likeness (QED) is 0.664. The number of benzene rings is 1. The van der Waals surface area contributed by atoms with Gasteiger partial charge in [0.25, 0.3) is 0 Å². The summed E-state index contributed by atoms with van der Waals surface area (Å²) >= 11 is 1.62. The van der Waals surface area contributed by atoms with Gasteiger partial charge in [-0.2, -0.15) is 10.2 Å². The average molecular weight is 313 g/mol. The number of anilines is 1. The minimum atomic E-state index is 0.537. The smallest absolute Gasteiger partial charge is 0.185 e. The summed E-state index contributed by atoms with van der Waals surface area (Å²) in [6.07, 6.45) is 4.94.